The molecule has 62 valence electrons. The topological polar surface area (TPSA) is 50.1 Å². The normalized spacial score (nSPS) is 13.4. The molecule has 0 aromatic carbocycles. The van der Waals surface area contributed by atoms with Crippen LogP contribution in [0.5, 0.6) is 0 Å². The molecule has 0 radical (unpaired) electrons. The highest BCUT2D eigenvalue weighted by Gasteiger charge is 2.08. The summed E-state index contributed by atoms with van der Waals surface area (Å²) >= 11 is 0. The van der Waals surface area contributed by atoms with E-state index in [1.807, 2.05) is 20.3 Å². The van der Waals surface area contributed by atoms with Gasteiger partial charge in [0.1, 0.15) is 0 Å². The quantitative estimate of drug-likeness (QED) is 0.628. The highest BCUT2D eigenvalue weighted by Crippen LogP contribution is 2.08. The Bertz CT molecular complexity index is 217. The Morgan fingerprint density at radius 3 is 2.91 bits per heavy atom. The molecule has 0 aliphatic rings. The van der Waals surface area contributed by atoms with Crippen LogP contribution in [-0.2, 0) is 7.05 Å². The second-order valence-electron chi connectivity index (χ2n) is 2.47. The molecule has 0 spiro atoms. The van der Waals surface area contributed by atoms with Crippen LogP contribution in [0.15, 0.2) is 12.4 Å². The fraction of sp³-hybridized carbons (Fsp3) is 0.571. The maximum Gasteiger partial charge on any atom is 0.0627 e. The van der Waals surface area contributed by atoms with E-state index in [1.54, 1.807) is 10.9 Å². The second kappa shape index (κ2) is 3.50. The summed E-state index contributed by atoms with van der Waals surface area (Å²) in [6.07, 6.45) is 3.63. The van der Waals surface area contributed by atoms with Crippen LogP contribution in [0.3, 0.4) is 0 Å². The van der Waals surface area contributed by atoms with E-state index in [0.29, 0.717) is 0 Å². The molecule has 2 N–H and O–H groups in total. The zero-order chi connectivity index (χ0) is 8.27. The van der Waals surface area contributed by atoms with Crippen molar-refractivity contribution in [3.8, 4) is 0 Å². The third kappa shape index (κ3) is 1.78. The van der Waals surface area contributed by atoms with E-state index < -0.39 is 0 Å². The molecular weight excluding hydrogens is 142 g/mol. The van der Waals surface area contributed by atoms with Crippen LogP contribution in [0.1, 0.15) is 11.6 Å². The van der Waals surface area contributed by atoms with Crippen molar-refractivity contribution in [2.45, 2.75) is 6.04 Å². The first-order valence-electron chi connectivity index (χ1n) is 3.54. The van der Waals surface area contributed by atoms with Crippen molar-refractivity contribution in [3.63, 3.8) is 0 Å². The molecular formula is C7H13N3O. The first-order chi connectivity index (χ1) is 5.27. The Hall–Kier alpha value is -0.870. The number of rotatable bonds is 3. The van der Waals surface area contributed by atoms with Crippen molar-refractivity contribution in [2.24, 2.45) is 7.05 Å². The minimum Gasteiger partial charge on any atom is -0.394 e. The van der Waals surface area contributed by atoms with Crippen LogP contribution in [-0.4, -0.2) is 28.5 Å². The minimum absolute atomic E-state index is 0.00343. The monoisotopic (exact) mass is 155 g/mol. The predicted octanol–water partition coefficient (Wildman–Crippen LogP) is -0.327. The van der Waals surface area contributed by atoms with Gasteiger partial charge in [0.05, 0.1) is 18.8 Å². The van der Waals surface area contributed by atoms with Crippen molar-refractivity contribution in [3.05, 3.63) is 18.0 Å². The van der Waals surface area contributed by atoms with Crippen LogP contribution in [0.4, 0.5) is 0 Å². The molecule has 1 aromatic heterocycles. The molecule has 1 atom stereocenters. The number of nitrogens with one attached hydrogen (secondary N) is 1. The maximum absolute atomic E-state index is 8.89. The third-order valence-corrected chi connectivity index (χ3v) is 1.66. The van der Waals surface area contributed by atoms with Gasteiger partial charge in [0.2, 0.25) is 0 Å². The average Bonchev–Trinajstić information content (AvgIpc) is 2.39. The van der Waals surface area contributed by atoms with Crippen molar-refractivity contribution in [1.82, 2.24) is 15.1 Å². The Morgan fingerprint density at radius 2 is 2.55 bits per heavy atom. The molecule has 4 heteroatoms. The van der Waals surface area contributed by atoms with Gasteiger partial charge in [-0.15, -0.1) is 0 Å². The lowest BCUT2D eigenvalue weighted by Gasteiger charge is -2.09. The molecule has 0 amide bonds. The summed E-state index contributed by atoms with van der Waals surface area (Å²) in [5.41, 5.74) is 1.01. The third-order valence-electron chi connectivity index (χ3n) is 1.66. The summed E-state index contributed by atoms with van der Waals surface area (Å²) < 4.78 is 1.72. The van der Waals surface area contributed by atoms with Gasteiger partial charge in [0.25, 0.3) is 0 Å². The molecule has 0 bridgehead atoms. The molecule has 0 aliphatic carbocycles. The Balaban J connectivity index is 2.73. The van der Waals surface area contributed by atoms with E-state index in [9.17, 15) is 0 Å². The van der Waals surface area contributed by atoms with Gasteiger partial charge >= 0.3 is 0 Å². The first-order valence-corrected chi connectivity index (χ1v) is 3.54. The summed E-state index contributed by atoms with van der Waals surface area (Å²) in [6.45, 7) is 0.0994. The van der Waals surface area contributed by atoms with Crippen LogP contribution < -0.4 is 5.32 Å². The molecule has 0 fully saturated rings. The largest absolute Gasteiger partial charge is 0.394 e. The van der Waals surface area contributed by atoms with Crippen LogP contribution in [0, 0.1) is 0 Å². The van der Waals surface area contributed by atoms with Gasteiger partial charge in [0, 0.05) is 18.8 Å². The summed E-state index contributed by atoms with van der Waals surface area (Å²) in [5.74, 6) is 0. The summed E-state index contributed by atoms with van der Waals surface area (Å²) in [7, 11) is 3.67. The van der Waals surface area contributed by atoms with Crippen LogP contribution >= 0.6 is 0 Å². The van der Waals surface area contributed by atoms with Gasteiger partial charge in [-0.05, 0) is 7.05 Å². The van der Waals surface area contributed by atoms with Crippen molar-refractivity contribution in [2.75, 3.05) is 13.7 Å². The lowest BCUT2D eigenvalue weighted by Crippen LogP contribution is -2.19. The van der Waals surface area contributed by atoms with E-state index in [4.69, 9.17) is 5.11 Å². The van der Waals surface area contributed by atoms with E-state index in [1.165, 1.54) is 0 Å². The number of hydrogen-bond donors (Lipinski definition) is 2. The number of aryl methyl sites for hydroxylation is 1. The van der Waals surface area contributed by atoms with Gasteiger partial charge in [-0.2, -0.15) is 5.10 Å². The summed E-state index contributed by atoms with van der Waals surface area (Å²) in [5, 5.41) is 15.9. The Labute approximate surface area is 65.8 Å². The number of aromatic nitrogens is 2. The van der Waals surface area contributed by atoms with E-state index in [0.717, 1.165) is 5.56 Å². The zero-order valence-corrected chi connectivity index (χ0v) is 6.78. The van der Waals surface area contributed by atoms with Gasteiger partial charge in [-0.25, -0.2) is 0 Å². The smallest absolute Gasteiger partial charge is 0.0627 e. The highest BCUT2D eigenvalue weighted by atomic mass is 16.3. The van der Waals surface area contributed by atoms with E-state index in [-0.39, 0.29) is 12.6 Å². The lowest BCUT2D eigenvalue weighted by atomic mass is 10.2. The highest BCUT2D eigenvalue weighted by molar-refractivity contribution is 5.09. The number of aliphatic hydroxyl groups excluding tert-OH is 1. The standard InChI is InChI=1S/C7H13N3O/c1-8-7(5-11)6-3-9-10(2)4-6/h3-4,7-8,11H,5H2,1-2H3/t7-/m1/s1. The zero-order valence-electron chi connectivity index (χ0n) is 6.78. The maximum atomic E-state index is 8.89. The molecule has 0 aliphatic heterocycles. The van der Waals surface area contributed by atoms with Gasteiger partial charge in [0.15, 0.2) is 0 Å². The predicted molar refractivity (Wildman–Crippen MR) is 42.1 cm³/mol. The molecule has 0 saturated heterocycles. The molecule has 4 nitrogen and oxygen atoms in total. The van der Waals surface area contributed by atoms with Crippen molar-refractivity contribution in [1.29, 1.82) is 0 Å². The van der Waals surface area contributed by atoms with Gasteiger partial charge in [-0.1, -0.05) is 0 Å². The minimum atomic E-state index is 0.00343. The number of nitrogens with zero attached hydrogens (tertiary/aromatic N) is 2. The van der Waals surface area contributed by atoms with Crippen LogP contribution in [0.25, 0.3) is 0 Å². The molecule has 11 heavy (non-hydrogen) atoms. The molecule has 0 saturated carbocycles. The molecule has 1 aromatic rings. The van der Waals surface area contributed by atoms with Crippen molar-refractivity contribution < 1.29 is 5.11 Å². The van der Waals surface area contributed by atoms with Gasteiger partial charge < -0.3 is 10.4 Å². The molecule has 1 heterocycles. The first kappa shape index (κ1) is 8.23. The van der Waals surface area contributed by atoms with Crippen LogP contribution in [0.2, 0.25) is 0 Å². The average molecular weight is 155 g/mol. The number of likely N-dealkylation sites (N-methyl/N-ethyl adjacent to an activating group) is 1. The fourth-order valence-corrected chi connectivity index (χ4v) is 0.983. The summed E-state index contributed by atoms with van der Waals surface area (Å²) in [6, 6.07) is 0.00343. The van der Waals surface area contributed by atoms with E-state index >= 15 is 0 Å². The van der Waals surface area contributed by atoms with Crippen molar-refractivity contribution >= 4 is 0 Å². The SMILES string of the molecule is CN[C@H](CO)c1cnn(C)c1. The Morgan fingerprint density at radius 1 is 1.82 bits per heavy atom. The van der Waals surface area contributed by atoms with E-state index in [2.05, 4.69) is 10.4 Å². The fourth-order valence-electron chi connectivity index (χ4n) is 0.983. The second-order valence-corrected chi connectivity index (χ2v) is 2.47. The van der Waals surface area contributed by atoms with Gasteiger partial charge in [-0.3, -0.25) is 4.68 Å². The number of aliphatic hydroxyl groups is 1. The molecule has 1 rings (SSSR count). The summed E-state index contributed by atoms with van der Waals surface area (Å²) in [4.78, 5) is 0. The Kier molecular flexibility index (Phi) is 2.62. The number of hydrogen-bond acceptors (Lipinski definition) is 3. The lowest BCUT2D eigenvalue weighted by molar-refractivity contribution is 0.251. The molecule has 0 unspecified atom stereocenters.